The van der Waals surface area contributed by atoms with Gasteiger partial charge in [0.2, 0.25) is 0 Å². The van der Waals surface area contributed by atoms with Crippen molar-refractivity contribution in [3.63, 3.8) is 0 Å². The minimum atomic E-state index is -0.991. The Morgan fingerprint density at radius 1 is 1.00 bits per heavy atom. The highest BCUT2D eigenvalue weighted by atomic mass is 35.5. The van der Waals surface area contributed by atoms with Gasteiger partial charge in [0.15, 0.2) is 11.5 Å². The number of hydrogen-bond donors (Lipinski definition) is 2. The lowest BCUT2D eigenvalue weighted by atomic mass is 9.92. The maximum atomic E-state index is 13.9. The minimum Gasteiger partial charge on any atom is -0.503 e. The first-order valence-corrected chi connectivity index (χ1v) is 12.7. The first-order valence-electron chi connectivity index (χ1n) is 11.9. The van der Waals surface area contributed by atoms with Gasteiger partial charge in [0.25, 0.3) is 5.91 Å². The van der Waals surface area contributed by atoms with Crippen LogP contribution in [-0.2, 0) is 9.53 Å². The zero-order valence-corrected chi connectivity index (χ0v) is 23.1. The van der Waals surface area contributed by atoms with Crippen molar-refractivity contribution < 1.29 is 29.0 Å². The molecular formula is C29H26Cl2N2O6. The Labute approximate surface area is 235 Å². The molecule has 1 aliphatic rings. The van der Waals surface area contributed by atoms with Gasteiger partial charge in [0.05, 0.1) is 23.7 Å². The molecule has 2 amide bonds. The summed E-state index contributed by atoms with van der Waals surface area (Å²) >= 11 is 12.4. The van der Waals surface area contributed by atoms with E-state index in [1.54, 1.807) is 69.3 Å². The molecule has 0 bridgehead atoms. The molecule has 1 heterocycles. The van der Waals surface area contributed by atoms with Crippen LogP contribution in [-0.4, -0.2) is 35.6 Å². The molecule has 1 unspecified atom stereocenters. The third-order valence-electron chi connectivity index (χ3n) is 5.82. The van der Waals surface area contributed by atoms with Gasteiger partial charge in [-0.25, -0.2) is 4.79 Å². The number of Topliss-reactive ketones (excluding diaryl/α,β-unsaturated/α-hetero) is 1. The van der Waals surface area contributed by atoms with E-state index in [2.05, 4.69) is 5.32 Å². The third kappa shape index (κ3) is 6.02. The number of rotatable bonds is 6. The molecule has 1 atom stereocenters. The number of aliphatic hydroxyl groups is 1. The molecule has 0 fully saturated rings. The number of nitrogens with zero attached hydrogens (tertiary/aromatic N) is 1. The summed E-state index contributed by atoms with van der Waals surface area (Å²) in [4.78, 5) is 40.8. The Morgan fingerprint density at radius 3 is 2.31 bits per heavy atom. The maximum absolute atomic E-state index is 13.9. The molecule has 3 aromatic carbocycles. The second-order valence-electron chi connectivity index (χ2n) is 9.75. The zero-order chi connectivity index (χ0) is 28.5. The molecule has 39 heavy (non-hydrogen) atoms. The third-order valence-corrected chi connectivity index (χ3v) is 6.37. The summed E-state index contributed by atoms with van der Waals surface area (Å²) in [5.41, 5.74) is 0.491. The van der Waals surface area contributed by atoms with Crippen LogP contribution in [0.25, 0.3) is 0 Å². The molecule has 2 N–H and O–H groups in total. The number of ether oxygens (including phenoxy) is 2. The Bertz CT molecular complexity index is 1480. The number of benzene rings is 3. The van der Waals surface area contributed by atoms with Crippen LogP contribution >= 0.6 is 23.2 Å². The maximum Gasteiger partial charge on any atom is 0.412 e. The summed E-state index contributed by atoms with van der Waals surface area (Å²) in [6.07, 6.45) is -0.688. The van der Waals surface area contributed by atoms with E-state index in [1.807, 2.05) is 0 Å². The number of anilines is 2. The Balaban J connectivity index is 1.76. The molecule has 10 heteroatoms. The molecule has 0 spiro atoms. The number of aliphatic hydroxyl groups excluding tert-OH is 1. The van der Waals surface area contributed by atoms with E-state index in [0.29, 0.717) is 27.7 Å². The van der Waals surface area contributed by atoms with Crippen molar-refractivity contribution in [1.82, 2.24) is 0 Å². The standard InChI is InChI=1S/C29H26Cl2N2O6/c1-29(2,3)39-28(37)32-19-7-5-6-17(14-19)25(34)23-24(16-8-10-18(30)11-9-16)33(27(36)26(23)35)20-12-13-22(38-4)21(31)15-20/h5-15,24,35H,1-4H3,(H,32,37). The molecule has 1 aliphatic heterocycles. The molecule has 0 radical (unpaired) electrons. The summed E-state index contributed by atoms with van der Waals surface area (Å²) in [7, 11) is 1.47. The predicted molar refractivity (Wildman–Crippen MR) is 150 cm³/mol. The molecule has 0 aromatic heterocycles. The van der Waals surface area contributed by atoms with E-state index < -0.39 is 35.2 Å². The molecule has 4 rings (SSSR count). The summed E-state index contributed by atoms with van der Waals surface area (Å²) in [5.74, 6) is -1.67. The number of nitrogens with one attached hydrogen (secondary N) is 1. The van der Waals surface area contributed by atoms with Crippen molar-refractivity contribution in [1.29, 1.82) is 0 Å². The topological polar surface area (TPSA) is 105 Å². The van der Waals surface area contributed by atoms with Crippen molar-refractivity contribution in [2.24, 2.45) is 0 Å². The molecule has 0 saturated heterocycles. The minimum absolute atomic E-state index is 0.135. The van der Waals surface area contributed by atoms with E-state index in [9.17, 15) is 19.5 Å². The number of carbonyl (C=O) groups is 3. The summed E-state index contributed by atoms with van der Waals surface area (Å²) < 4.78 is 10.5. The van der Waals surface area contributed by atoms with E-state index in [1.165, 1.54) is 30.2 Å². The van der Waals surface area contributed by atoms with Gasteiger partial charge in [0.1, 0.15) is 11.4 Å². The monoisotopic (exact) mass is 568 g/mol. The fourth-order valence-electron chi connectivity index (χ4n) is 4.18. The van der Waals surface area contributed by atoms with Crippen molar-refractivity contribution >= 4 is 52.4 Å². The predicted octanol–water partition coefficient (Wildman–Crippen LogP) is 7.13. The van der Waals surface area contributed by atoms with Crippen LogP contribution in [0.5, 0.6) is 5.75 Å². The van der Waals surface area contributed by atoms with Gasteiger partial charge in [-0.15, -0.1) is 0 Å². The quantitative estimate of drug-likeness (QED) is 0.306. The molecule has 202 valence electrons. The van der Waals surface area contributed by atoms with E-state index in [0.717, 1.165) is 0 Å². The largest absolute Gasteiger partial charge is 0.503 e. The van der Waals surface area contributed by atoms with Gasteiger partial charge in [0, 0.05) is 22.0 Å². The Kier molecular flexibility index (Phi) is 7.90. The fourth-order valence-corrected chi connectivity index (χ4v) is 4.56. The number of ketones is 1. The van der Waals surface area contributed by atoms with Gasteiger partial charge < -0.3 is 14.6 Å². The van der Waals surface area contributed by atoms with Crippen molar-refractivity contribution in [2.75, 3.05) is 17.3 Å². The fraction of sp³-hybridized carbons (Fsp3) is 0.207. The molecule has 0 saturated carbocycles. The van der Waals surface area contributed by atoms with E-state index >= 15 is 0 Å². The summed E-state index contributed by atoms with van der Waals surface area (Å²) in [5, 5.41) is 14.3. The van der Waals surface area contributed by atoms with Gasteiger partial charge >= 0.3 is 6.09 Å². The van der Waals surface area contributed by atoms with Crippen LogP contribution < -0.4 is 15.0 Å². The highest BCUT2D eigenvalue weighted by molar-refractivity contribution is 6.32. The number of amides is 2. The van der Waals surface area contributed by atoms with Crippen LogP contribution in [0.3, 0.4) is 0 Å². The van der Waals surface area contributed by atoms with Gasteiger partial charge in [-0.1, -0.05) is 47.5 Å². The number of methoxy groups -OCH3 is 1. The lowest BCUT2D eigenvalue weighted by Crippen LogP contribution is -2.31. The zero-order valence-electron chi connectivity index (χ0n) is 21.6. The van der Waals surface area contributed by atoms with Crippen LogP contribution in [0.4, 0.5) is 16.2 Å². The van der Waals surface area contributed by atoms with Crippen LogP contribution in [0.1, 0.15) is 42.7 Å². The lowest BCUT2D eigenvalue weighted by molar-refractivity contribution is -0.117. The SMILES string of the molecule is COc1ccc(N2C(=O)C(O)=C(C(=O)c3cccc(NC(=O)OC(C)(C)C)c3)C2c2ccc(Cl)cc2)cc1Cl. The van der Waals surface area contributed by atoms with Gasteiger partial charge in [-0.3, -0.25) is 19.8 Å². The Hall–Kier alpha value is -4.01. The molecule has 0 aliphatic carbocycles. The highest BCUT2D eigenvalue weighted by Gasteiger charge is 2.44. The number of carbonyl (C=O) groups excluding carboxylic acids is 3. The number of halogens is 2. The van der Waals surface area contributed by atoms with E-state index in [-0.39, 0.29) is 16.2 Å². The van der Waals surface area contributed by atoms with E-state index in [4.69, 9.17) is 32.7 Å². The van der Waals surface area contributed by atoms with Gasteiger partial charge in [-0.05, 0) is 68.8 Å². The van der Waals surface area contributed by atoms with Crippen LogP contribution in [0.2, 0.25) is 10.0 Å². The average molecular weight is 569 g/mol. The second-order valence-corrected chi connectivity index (χ2v) is 10.6. The van der Waals surface area contributed by atoms with Crippen molar-refractivity contribution in [3.05, 3.63) is 99.2 Å². The first kappa shape index (κ1) is 28.0. The molecule has 8 nitrogen and oxygen atoms in total. The average Bonchev–Trinajstić information content (AvgIpc) is 3.13. The smallest absolute Gasteiger partial charge is 0.412 e. The lowest BCUT2D eigenvalue weighted by Gasteiger charge is -2.27. The van der Waals surface area contributed by atoms with Crippen molar-refractivity contribution in [3.8, 4) is 5.75 Å². The first-order chi connectivity index (χ1) is 18.4. The summed E-state index contributed by atoms with van der Waals surface area (Å²) in [6.45, 7) is 5.20. The Morgan fingerprint density at radius 2 is 1.69 bits per heavy atom. The number of hydrogen-bond acceptors (Lipinski definition) is 6. The van der Waals surface area contributed by atoms with Crippen LogP contribution in [0.15, 0.2) is 78.1 Å². The van der Waals surface area contributed by atoms with Gasteiger partial charge in [-0.2, -0.15) is 0 Å². The highest BCUT2D eigenvalue weighted by Crippen LogP contribution is 2.43. The normalized spacial score (nSPS) is 15.4. The van der Waals surface area contributed by atoms with Crippen molar-refractivity contribution in [2.45, 2.75) is 32.4 Å². The molecule has 3 aromatic rings. The van der Waals surface area contributed by atoms with Crippen LogP contribution in [0, 0.1) is 0 Å². The molecular weight excluding hydrogens is 543 g/mol. The second kappa shape index (κ2) is 11.0. The summed E-state index contributed by atoms with van der Waals surface area (Å²) in [6, 6.07) is 16.5.